The summed E-state index contributed by atoms with van der Waals surface area (Å²) >= 11 is 0. The van der Waals surface area contributed by atoms with Crippen molar-refractivity contribution in [2.45, 2.75) is 6.17 Å². The number of nitrogens with zero attached hydrogens (tertiary/aromatic N) is 2. The predicted octanol–water partition coefficient (Wildman–Crippen LogP) is 4.15. The fourth-order valence-electron chi connectivity index (χ4n) is 3.79. The number of para-hydroxylation sites is 2. The van der Waals surface area contributed by atoms with Crippen LogP contribution in [0.15, 0.2) is 72.8 Å². The van der Waals surface area contributed by atoms with E-state index in [4.69, 9.17) is 0 Å². The number of hydrogen-bond donors (Lipinski definition) is 0. The molecule has 0 radical (unpaired) electrons. The Balaban J connectivity index is 1.82. The number of carbonyl (C=O) groups is 2. The van der Waals surface area contributed by atoms with Crippen LogP contribution in [0.5, 0.6) is 0 Å². The molecule has 0 aliphatic carbocycles. The summed E-state index contributed by atoms with van der Waals surface area (Å²) < 4.78 is 14.6. The third-order valence-electron chi connectivity index (χ3n) is 4.90. The minimum Gasteiger partial charge on any atom is -0.282 e. The molecule has 26 heavy (non-hydrogen) atoms. The van der Waals surface area contributed by atoms with Crippen LogP contribution in [0.2, 0.25) is 0 Å². The molecular formula is C21H13FN2O2. The number of rotatable bonds is 1. The Kier molecular flexibility index (Phi) is 3.00. The quantitative estimate of drug-likeness (QED) is 0.665. The first-order valence-electron chi connectivity index (χ1n) is 8.28. The van der Waals surface area contributed by atoms with E-state index in [1.165, 1.54) is 11.0 Å². The van der Waals surface area contributed by atoms with Crippen LogP contribution in [0.1, 0.15) is 32.4 Å². The van der Waals surface area contributed by atoms with Gasteiger partial charge < -0.3 is 0 Å². The van der Waals surface area contributed by atoms with Gasteiger partial charge in [0.2, 0.25) is 0 Å². The van der Waals surface area contributed by atoms with Gasteiger partial charge in [-0.15, -0.1) is 0 Å². The predicted molar refractivity (Wildman–Crippen MR) is 95.6 cm³/mol. The van der Waals surface area contributed by atoms with E-state index >= 15 is 0 Å². The highest BCUT2D eigenvalue weighted by Crippen LogP contribution is 2.47. The minimum atomic E-state index is -0.696. The Bertz CT molecular complexity index is 1080. The van der Waals surface area contributed by atoms with Crippen molar-refractivity contribution in [3.05, 3.63) is 95.3 Å². The normalized spacial score (nSPS) is 17.8. The van der Waals surface area contributed by atoms with Crippen molar-refractivity contribution >= 4 is 23.2 Å². The van der Waals surface area contributed by atoms with E-state index in [1.54, 1.807) is 59.5 Å². The fourth-order valence-corrected chi connectivity index (χ4v) is 3.79. The molecule has 0 N–H and O–H groups in total. The first-order chi connectivity index (χ1) is 12.7. The molecule has 2 amide bonds. The first-order valence-corrected chi connectivity index (χ1v) is 8.28. The average molecular weight is 344 g/mol. The van der Waals surface area contributed by atoms with Gasteiger partial charge in [0.25, 0.3) is 11.8 Å². The van der Waals surface area contributed by atoms with Gasteiger partial charge in [0.1, 0.15) is 12.0 Å². The van der Waals surface area contributed by atoms with Crippen molar-refractivity contribution in [1.29, 1.82) is 0 Å². The highest BCUT2D eigenvalue weighted by molar-refractivity contribution is 6.21. The van der Waals surface area contributed by atoms with E-state index in [-0.39, 0.29) is 17.5 Å². The maximum Gasteiger partial charge on any atom is 0.262 e. The summed E-state index contributed by atoms with van der Waals surface area (Å²) in [6.45, 7) is 0. The van der Waals surface area contributed by atoms with Crippen LogP contribution in [-0.4, -0.2) is 11.8 Å². The molecule has 1 atom stereocenters. The maximum atomic E-state index is 14.6. The number of halogens is 1. The number of carbonyl (C=O) groups excluding carboxylic acids is 2. The molecule has 0 spiro atoms. The van der Waals surface area contributed by atoms with E-state index in [0.717, 1.165) is 0 Å². The van der Waals surface area contributed by atoms with Crippen LogP contribution in [0, 0.1) is 5.82 Å². The zero-order valence-corrected chi connectivity index (χ0v) is 13.6. The van der Waals surface area contributed by atoms with Crippen molar-refractivity contribution in [2.75, 3.05) is 9.80 Å². The van der Waals surface area contributed by atoms with Gasteiger partial charge in [0, 0.05) is 11.1 Å². The van der Waals surface area contributed by atoms with Crippen molar-refractivity contribution in [2.24, 2.45) is 0 Å². The largest absolute Gasteiger partial charge is 0.282 e. The first kappa shape index (κ1) is 14.8. The topological polar surface area (TPSA) is 40.6 Å². The summed E-state index contributed by atoms with van der Waals surface area (Å²) in [5.41, 5.74) is 2.32. The molecule has 0 aromatic heterocycles. The molecule has 0 saturated heterocycles. The van der Waals surface area contributed by atoms with Crippen molar-refractivity contribution in [1.82, 2.24) is 0 Å². The van der Waals surface area contributed by atoms with E-state index in [1.807, 2.05) is 12.1 Å². The van der Waals surface area contributed by atoms with Gasteiger partial charge >= 0.3 is 0 Å². The summed E-state index contributed by atoms with van der Waals surface area (Å²) in [7, 11) is 0. The Hall–Kier alpha value is -3.47. The summed E-state index contributed by atoms with van der Waals surface area (Å²) in [6, 6.07) is 20.2. The third kappa shape index (κ3) is 1.82. The molecular weight excluding hydrogens is 331 g/mol. The number of fused-ring (bicyclic) bond motifs is 5. The van der Waals surface area contributed by atoms with Crippen molar-refractivity contribution in [3.63, 3.8) is 0 Å². The second kappa shape index (κ2) is 5.26. The summed E-state index contributed by atoms with van der Waals surface area (Å²) in [5.74, 6) is -1.01. The van der Waals surface area contributed by atoms with Gasteiger partial charge in [-0.2, -0.15) is 0 Å². The standard InChI is InChI=1S/C21H13FN2O2/c22-16-10-4-6-12-18(16)24-19-13-7-1-2-8-14(13)20(25)23(19)17-11-5-3-9-15(17)21(24)26/h1-12,19H. The van der Waals surface area contributed by atoms with Crippen LogP contribution >= 0.6 is 0 Å². The van der Waals surface area contributed by atoms with Crippen LogP contribution in [0.4, 0.5) is 15.8 Å². The Morgan fingerprint density at radius 1 is 0.654 bits per heavy atom. The Morgan fingerprint density at radius 3 is 1.96 bits per heavy atom. The summed E-state index contributed by atoms with van der Waals surface area (Å²) in [5, 5.41) is 0. The second-order valence-electron chi connectivity index (χ2n) is 6.28. The molecule has 5 heteroatoms. The zero-order valence-electron chi connectivity index (χ0n) is 13.6. The van der Waals surface area contributed by atoms with Crippen LogP contribution < -0.4 is 9.80 Å². The van der Waals surface area contributed by atoms with E-state index < -0.39 is 12.0 Å². The molecule has 3 aromatic rings. The van der Waals surface area contributed by atoms with Gasteiger partial charge in [-0.05, 0) is 30.3 Å². The molecule has 2 aliphatic heterocycles. The van der Waals surface area contributed by atoms with Crippen LogP contribution in [0.3, 0.4) is 0 Å². The molecule has 0 fully saturated rings. The highest BCUT2D eigenvalue weighted by Gasteiger charge is 2.48. The SMILES string of the molecule is O=C1c2ccccc2N2C(=O)c3ccccc3C2N1c1ccccc1F. The molecule has 0 bridgehead atoms. The number of benzene rings is 3. The van der Waals surface area contributed by atoms with Crippen LogP contribution in [0.25, 0.3) is 0 Å². The summed E-state index contributed by atoms with van der Waals surface area (Å²) in [6.07, 6.45) is -0.696. The van der Waals surface area contributed by atoms with Crippen molar-refractivity contribution < 1.29 is 14.0 Å². The van der Waals surface area contributed by atoms with E-state index in [2.05, 4.69) is 0 Å². The fraction of sp³-hybridized carbons (Fsp3) is 0.0476. The lowest BCUT2D eigenvalue weighted by molar-refractivity contribution is 0.0948. The number of anilines is 2. The lowest BCUT2D eigenvalue weighted by atomic mass is 10.0. The molecule has 1 unspecified atom stereocenters. The molecule has 3 aromatic carbocycles. The van der Waals surface area contributed by atoms with Gasteiger partial charge in [-0.25, -0.2) is 4.39 Å². The lowest BCUT2D eigenvalue weighted by Gasteiger charge is -2.40. The average Bonchev–Trinajstić information content (AvgIpc) is 2.97. The van der Waals surface area contributed by atoms with Crippen molar-refractivity contribution in [3.8, 4) is 0 Å². The van der Waals surface area contributed by atoms with Gasteiger partial charge in [0.15, 0.2) is 0 Å². The monoisotopic (exact) mass is 344 g/mol. The van der Waals surface area contributed by atoms with E-state index in [9.17, 15) is 14.0 Å². The Morgan fingerprint density at radius 2 is 1.19 bits per heavy atom. The lowest BCUT2D eigenvalue weighted by Crippen LogP contribution is -2.48. The van der Waals surface area contributed by atoms with Gasteiger partial charge in [-0.1, -0.05) is 42.5 Å². The van der Waals surface area contributed by atoms with Gasteiger partial charge in [0.05, 0.1) is 16.9 Å². The number of amides is 2. The molecule has 0 saturated carbocycles. The summed E-state index contributed by atoms with van der Waals surface area (Å²) in [4.78, 5) is 29.3. The molecule has 5 rings (SSSR count). The molecule has 126 valence electrons. The maximum absolute atomic E-state index is 14.6. The van der Waals surface area contributed by atoms with Gasteiger partial charge in [-0.3, -0.25) is 19.4 Å². The number of hydrogen-bond acceptors (Lipinski definition) is 2. The Labute approximate surface area is 149 Å². The zero-order chi connectivity index (χ0) is 17.8. The second-order valence-corrected chi connectivity index (χ2v) is 6.28. The minimum absolute atomic E-state index is 0.159. The van der Waals surface area contributed by atoms with Crippen LogP contribution in [-0.2, 0) is 0 Å². The molecule has 2 aliphatic rings. The third-order valence-corrected chi connectivity index (χ3v) is 4.90. The van der Waals surface area contributed by atoms with E-state index in [0.29, 0.717) is 22.4 Å². The highest BCUT2D eigenvalue weighted by atomic mass is 19.1. The smallest absolute Gasteiger partial charge is 0.262 e. The molecule has 2 heterocycles. The molecule has 4 nitrogen and oxygen atoms in total.